The highest BCUT2D eigenvalue weighted by Crippen LogP contribution is 2.34. The Morgan fingerprint density at radius 2 is 1.62 bits per heavy atom. The second kappa shape index (κ2) is 6.06. The SMILES string of the molecule is C[C@@H](Sc1nc(-c2ccccc2)cn1N)c1ccccc1. The summed E-state index contributed by atoms with van der Waals surface area (Å²) >= 11 is 1.67. The lowest BCUT2D eigenvalue weighted by atomic mass is 10.2. The number of aromatic nitrogens is 2. The van der Waals surface area contributed by atoms with E-state index in [2.05, 4.69) is 36.2 Å². The van der Waals surface area contributed by atoms with Gasteiger partial charge in [-0.05, 0) is 12.5 Å². The summed E-state index contributed by atoms with van der Waals surface area (Å²) in [7, 11) is 0. The minimum Gasteiger partial charge on any atom is -0.337 e. The number of benzene rings is 2. The smallest absolute Gasteiger partial charge is 0.187 e. The van der Waals surface area contributed by atoms with Crippen LogP contribution < -0.4 is 5.84 Å². The Morgan fingerprint density at radius 3 is 2.29 bits per heavy atom. The molecule has 0 bridgehead atoms. The van der Waals surface area contributed by atoms with E-state index in [0.29, 0.717) is 5.25 Å². The summed E-state index contributed by atoms with van der Waals surface area (Å²) < 4.78 is 1.60. The van der Waals surface area contributed by atoms with Crippen LogP contribution in [0, 0.1) is 0 Å². The summed E-state index contributed by atoms with van der Waals surface area (Å²) in [6.07, 6.45) is 1.87. The van der Waals surface area contributed by atoms with Gasteiger partial charge in [0.1, 0.15) is 0 Å². The third-order valence-electron chi connectivity index (χ3n) is 3.32. The molecule has 0 amide bonds. The molecule has 3 rings (SSSR count). The molecule has 0 saturated carbocycles. The average molecular weight is 295 g/mol. The van der Waals surface area contributed by atoms with Gasteiger partial charge in [0.25, 0.3) is 0 Å². The van der Waals surface area contributed by atoms with Gasteiger partial charge in [0, 0.05) is 10.8 Å². The monoisotopic (exact) mass is 295 g/mol. The molecule has 0 aliphatic carbocycles. The summed E-state index contributed by atoms with van der Waals surface area (Å²) in [5, 5.41) is 1.13. The van der Waals surface area contributed by atoms with E-state index in [0.717, 1.165) is 16.4 Å². The number of rotatable bonds is 4. The van der Waals surface area contributed by atoms with Gasteiger partial charge in [0.2, 0.25) is 0 Å². The Morgan fingerprint density at radius 1 is 1.00 bits per heavy atom. The maximum atomic E-state index is 6.04. The predicted octanol–water partition coefficient (Wildman–Crippen LogP) is 4.12. The van der Waals surface area contributed by atoms with Gasteiger partial charge >= 0.3 is 0 Å². The zero-order chi connectivity index (χ0) is 14.7. The highest BCUT2D eigenvalue weighted by Gasteiger charge is 2.13. The van der Waals surface area contributed by atoms with E-state index in [1.165, 1.54) is 5.56 Å². The summed E-state index contributed by atoms with van der Waals surface area (Å²) in [6, 6.07) is 20.5. The van der Waals surface area contributed by atoms with Crippen molar-refractivity contribution >= 4 is 11.8 Å². The van der Waals surface area contributed by atoms with Crippen LogP contribution in [0.15, 0.2) is 72.0 Å². The highest BCUT2D eigenvalue weighted by molar-refractivity contribution is 7.99. The fourth-order valence-electron chi connectivity index (χ4n) is 2.16. The van der Waals surface area contributed by atoms with Gasteiger partial charge in [0.05, 0.1) is 11.9 Å². The molecular weight excluding hydrogens is 278 g/mol. The molecule has 1 aromatic heterocycles. The first kappa shape index (κ1) is 13.8. The standard InChI is InChI=1S/C17H17N3S/c1-13(14-8-4-2-5-9-14)21-17-19-16(12-20(17)18)15-10-6-3-7-11-15/h2-13H,18H2,1H3/t13-/m1/s1. The molecule has 0 saturated heterocycles. The summed E-state index contributed by atoms with van der Waals surface area (Å²) in [5.74, 6) is 6.04. The Hall–Kier alpha value is -2.20. The van der Waals surface area contributed by atoms with E-state index in [4.69, 9.17) is 5.84 Å². The van der Waals surface area contributed by atoms with Gasteiger partial charge in [-0.1, -0.05) is 72.4 Å². The Labute approximate surface area is 128 Å². The first-order valence-corrected chi connectivity index (χ1v) is 7.73. The van der Waals surface area contributed by atoms with Gasteiger partial charge in [-0.3, -0.25) is 0 Å². The second-order valence-electron chi connectivity index (χ2n) is 4.85. The third kappa shape index (κ3) is 3.11. The van der Waals surface area contributed by atoms with Gasteiger partial charge in [-0.2, -0.15) is 0 Å². The van der Waals surface area contributed by atoms with Crippen molar-refractivity contribution in [3.63, 3.8) is 0 Å². The Balaban J connectivity index is 1.82. The number of nitrogens with zero attached hydrogens (tertiary/aromatic N) is 2. The molecule has 0 fully saturated rings. The van der Waals surface area contributed by atoms with Crippen LogP contribution in [0.25, 0.3) is 11.3 Å². The molecule has 2 N–H and O–H groups in total. The molecular formula is C17H17N3S. The Bertz CT molecular complexity index is 707. The highest BCUT2D eigenvalue weighted by atomic mass is 32.2. The molecule has 0 unspecified atom stereocenters. The maximum absolute atomic E-state index is 6.04. The van der Waals surface area contributed by atoms with Crippen LogP contribution in [0.1, 0.15) is 17.7 Å². The largest absolute Gasteiger partial charge is 0.337 e. The van der Waals surface area contributed by atoms with Crippen molar-refractivity contribution in [1.82, 2.24) is 9.66 Å². The molecule has 0 aliphatic heterocycles. The van der Waals surface area contributed by atoms with Crippen molar-refractivity contribution in [3.05, 3.63) is 72.4 Å². The number of nitrogen functional groups attached to an aromatic ring is 1. The molecule has 1 heterocycles. The molecule has 3 nitrogen and oxygen atoms in total. The van der Waals surface area contributed by atoms with Gasteiger partial charge in [0.15, 0.2) is 5.16 Å². The molecule has 2 aromatic carbocycles. The quantitative estimate of drug-likeness (QED) is 0.581. The molecule has 1 atom stereocenters. The fraction of sp³-hybridized carbons (Fsp3) is 0.118. The molecule has 0 aliphatic rings. The van der Waals surface area contributed by atoms with Crippen molar-refractivity contribution in [2.24, 2.45) is 0 Å². The Kier molecular flexibility index (Phi) is 3.97. The molecule has 0 spiro atoms. The first-order chi connectivity index (χ1) is 10.2. The van der Waals surface area contributed by atoms with Crippen LogP contribution in [0.4, 0.5) is 0 Å². The lowest BCUT2D eigenvalue weighted by molar-refractivity contribution is 0.846. The number of nitrogens with two attached hydrogens (primary N) is 1. The molecule has 3 aromatic rings. The lowest BCUT2D eigenvalue weighted by Gasteiger charge is -2.10. The van der Waals surface area contributed by atoms with Crippen LogP contribution in [0.3, 0.4) is 0 Å². The summed E-state index contributed by atoms with van der Waals surface area (Å²) in [5.41, 5.74) is 3.25. The van der Waals surface area contributed by atoms with Crippen LogP contribution in [-0.2, 0) is 0 Å². The molecule has 106 valence electrons. The van der Waals surface area contributed by atoms with Gasteiger partial charge in [-0.25, -0.2) is 9.66 Å². The van der Waals surface area contributed by atoms with Crippen LogP contribution >= 0.6 is 11.8 Å². The van der Waals surface area contributed by atoms with E-state index in [1.54, 1.807) is 16.4 Å². The van der Waals surface area contributed by atoms with Crippen molar-refractivity contribution in [2.45, 2.75) is 17.3 Å². The zero-order valence-electron chi connectivity index (χ0n) is 11.8. The number of hydrogen-bond acceptors (Lipinski definition) is 3. The average Bonchev–Trinajstić information content (AvgIpc) is 2.90. The third-order valence-corrected chi connectivity index (χ3v) is 4.46. The van der Waals surface area contributed by atoms with Crippen molar-refractivity contribution in [1.29, 1.82) is 0 Å². The topological polar surface area (TPSA) is 43.8 Å². The minimum atomic E-state index is 0.305. The number of imidazole rings is 1. The zero-order valence-corrected chi connectivity index (χ0v) is 12.6. The molecule has 0 radical (unpaired) electrons. The maximum Gasteiger partial charge on any atom is 0.187 e. The predicted molar refractivity (Wildman–Crippen MR) is 88.5 cm³/mol. The molecule has 4 heteroatoms. The number of hydrogen-bond donors (Lipinski definition) is 1. The van der Waals surface area contributed by atoms with Crippen LogP contribution in [-0.4, -0.2) is 9.66 Å². The van der Waals surface area contributed by atoms with Crippen LogP contribution in [0.2, 0.25) is 0 Å². The van der Waals surface area contributed by atoms with Crippen molar-refractivity contribution in [3.8, 4) is 11.3 Å². The van der Waals surface area contributed by atoms with E-state index in [9.17, 15) is 0 Å². The van der Waals surface area contributed by atoms with Gasteiger partial charge in [-0.15, -0.1) is 0 Å². The second-order valence-corrected chi connectivity index (χ2v) is 6.16. The summed E-state index contributed by atoms with van der Waals surface area (Å²) in [4.78, 5) is 4.65. The lowest BCUT2D eigenvalue weighted by Crippen LogP contribution is -2.08. The first-order valence-electron chi connectivity index (χ1n) is 6.85. The fourth-order valence-corrected chi connectivity index (χ4v) is 3.10. The number of thioether (sulfide) groups is 1. The minimum absolute atomic E-state index is 0.305. The van der Waals surface area contributed by atoms with E-state index in [1.807, 2.05) is 42.6 Å². The molecule has 21 heavy (non-hydrogen) atoms. The van der Waals surface area contributed by atoms with E-state index >= 15 is 0 Å². The summed E-state index contributed by atoms with van der Waals surface area (Å²) in [6.45, 7) is 2.16. The van der Waals surface area contributed by atoms with Crippen molar-refractivity contribution in [2.75, 3.05) is 5.84 Å². The van der Waals surface area contributed by atoms with Crippen LogP contribution in [0.5, 0.6) is 0 Å². The van der Waals surface area contributed by atoms with E-state index < -0.39 is 0 Å². The van der Waals surface area contributed by atoms with Crippen molar-refractivity contribution < 1.29 is 0 Å². The van der Waals surface area contributed by atoms with Gasteiger partial charge < -0.3 is 5.84 Å². The van der Waals surface area contributed by atoms with E-state index in [-0.39, 0.29) is 0 Å². The normalized spacial score (nSPS) is 12.2.